The Kier molecular flexibility index (Phi) is 5.24. The molecule has 1 aromatic heterocycles. The predicted octanol–water partition coefficient (Wildman–Crippen LogP) is 3.51. The van der Waals surface area contributed by atoms with E-state index >= 15 is 0 Å². The van der Waals surface area contributed by atoms with Gasteiger partial charge in [0.2, 0.25) is 0 Å². The largest absolute Gasteiger partial charge is 0.484 e. The molecule has 0 N–H and O–H groups in total. The van der Waals surface area contributed by atoms with Crippen LogP contribution in [0.2, 0.25) is 0 Å². The van der Waals surface area contributed by atoms with Gasteiger partial charge in [0.15, 0.2) is 12.4 Å². The molecule has 2 aliphatic heterocycles. The lowest BCUT2D eigenvalue weighted by molar-refractivity contribution is -0.134. The second-order valence-electron chi connectivity index (χ2n) is 6.92. The van der Waals surface area contributed by atoms with E-state index in [1.165, 1.54) is 12.8 Å². The summed E-state index contributed by atoms with van der Waals surface area (Å²) in [6.07, 6.45) is 6.49. The number of aryl methyl sites for hydroxylation is 1. The fourth-order valence-electron chi connectivity index (χ4n) is 3.85. The van der Waals surface area contributed by atoms with E-state index in [9.17, 15) is 4.79 Å². The molecule has 1 amide bonds. The zero-order chi connectivity index (χ0) is 17.9. The molecule has 1 unspecified atom stereocenters. The molecule has 7 heteroatoms. The summed E-state index contributed by atoms with van der Waals surface area (Å²) in [6, 6.07) is 7.55. The molecular weight excluding hydrogens is 396 g/mol. The van der Waals surface area contributed by atoms with Crippen molar-refractivity contribution >= 4 is 21.8 Å². The number of nitrogens with zero attached hydrogens (tertiary/aromatic N) is 4. The predicted molar refractivity (Wildman–Crippen MR) is 101 cm³/mol. The van der Waals surface area contributed by atoms with E-state index in [0.29, 0.717) is 5.75 Å². The minimum Gasteiger partial charge on any atom is -0.484 e. The monoisotopic (exact) mass is 418 g/mol. The summed E-state index contributed by atoms with van der Waals surface area (Å²) in [6.45, 7) is 1.78. The van der Waals surface area contributed by atoms with Crippen LogP contribution in [0.4, 0.5) is 0 Å². The molecule has 2 aliphatic rings. The van der Waals surface area contributed by atoms with Gasteiger partial charge in [-0.3, -0.25) is 4.79 Å². The van der Waals surface area contributed by atoms with Gasteiger partial charge in [-0.25, -0.2) is 0 Å². The quantitative estimate of drug-likeness (QED) is 0.761. The molecule has 0 spiro atoms. The lowest BCUT2D eigenvalue weighted by Crippen LogP contribution is -2.35. The summed E-state index contributed by atoms with van der Waals surface area (Å²) in [4.78, 5) is 14.7. The van der Waals surface area contributed by atoms with Crippen LogP contribution in [0.1, 0.15) is 49.8 Å². The van der Waals surface area contributed by atoms with Crippen LogP contribution >= 0.6 is 15.9 Å². The Morgan fingerprint density at radius 2 is 1.96 bits per heavy atom. The van der Waals surface area contributed by atoms with Crippen LogP contribution in [0.15, 0.2) is 28.7 Å². The van der Waals surface area contributed by atoms with Crippen molar-refractivity contribution in [3.05, 3.63) is 40.4 Å². The van der Waals surface area contributed by atoms with Gasteiger partial charge >= 0.3 is 0 Å². The molecule has 1 fully saturated rings. The summed E-state index contributed by atoms with van der Waals surface area (Å²) in [7, 11) is 0. The van der Waals surface area contributed by atoms with Gasteiger partial charge in [-0.2, -0.15) is 0 Å². The van der Waals surface area contributed by atoms with Crippen molar-refractivity contribution in [3.63, 3.8) is 0 Å². The topological polar surface area (TPSA) is 60.2 Å². The molecule has 0 saturated carbocycles. The van der Waals surface area contributed by atoms with E-state index in [1.807, 2.05) is 29.2 Å². The number of carbonyl (C=O) groups excluding carboxylic acids is 1. The van der Waals surface area contributed by atoms with Crippen LogP contribution in [0.5, 0.6) is 5.75 Å². The van der Waals surface area contributed by atoms with E-state index < -0.39 is 0 Å². The van der Waals surface area contributed by atoms with Gasteiger partial charge in [-0.1, -0.05) is 22.4 Å². The molecule has 2 aromatic rings. The highest BCUT2D eigenvalue weighted by Gasteiger charge is 2.34. The second-order valence-corrected chi connectivity index (χ2v) is 7.84. The number of aromatic nitrogens is 3. The van der Waals surface area contributed by atoms with Crippen molar-refractivity contribution < 1.29 is 9.53 Å². The first-order chi connectivity index (χ1) is 12.7. The number of hydrogen-bond donors (Lipinski definition) is 0. The number of carbonyl (C=O) groups is 1. The van der Waals surface area contributed by atoms with Gasteiger partial charge < -0.3 is 14.2 Å². The van der Waals surface area contributed by atoms with E-state index in [1.54, 1.807) is 0 Å². The first-order valence-corrected chi connectivity index (χ1v) is 10.1. The summed E-state index contributed by atoms with van der Waals surface area (Å²) < 4.78 is 8.92. The second kappa shape index (κ2) is 7.78. The van der Waals surface area contributed by atoms with Crippen LogP contribution in [0.3, 0.4) is 0 Å². The zero-order valence-corrected chi connectivity index (χ0v) is 16.3. The summed E-state index contributed by atoms with van der Waals surface area (Å²) in [5.41, 5.74) is 0. The molecule has 1 saturated heterocycles. The number of likely N-dealkylation sites (tertiary alicyclic amines) is 1. The first kappa shape index (κ1) is 17.5. The standard InChI is InChI=1S/C19H23BrN4O2/c20-14-7-9-15(10-8-14)26-13-18(25)23-12-4-5-16(23)19-22-21-17-6-2-1-3-11-24(17)19/h7-10,16H,1-6,11-13H2. The van der Waals surface area contributed by atoms with E-state index in [0.717, 1.165) is 54.9 Å². The normalized spacial score (nSPS) is 19.9. The van der Waals surface area contributed by atoms with Crippen molar-refractivity contribution in [1.82, 2.24) is 19.7 Å². The maximum atomic E-state index is 12.8. The van der Waals surface area contributed by atoms with Gasteiger partial charge in [0.25, 0.3) is 5.91 Å². The fraction of sp³-hybridized carbons (Fsp3) is 0.526. The van der Waals surface area contributed by atoms with Crippen LogP contribution in [0.25, 0.3) is 0 Å². The smallest absolute Gasteiger partial charge is 0.261 e. The third-order valence-electron chi connectivity index (χ3n) is 5.19. The molecule has 26 heavy (non-hydrogen) atoms. The number of rotatable bonds is 4. The summed E-state index contributed by atoms with van der Waals surface area (Å²) in [5.74, 6) is 2.74. The lowest BCUT2D eigenvalue weighted by atomic mass is 10.2. The Morgan fingerprint density at radius 3 is 2.81 bits per heavy atom. The Balaban J connectivity index is 1.45. The van der Waals surface area contributed by atoms with Crippen molar-refractivity contribution in [2.45, 2.75) is 51.1 Å². The number of fused-ring (bicyclic) bond motifs is 1. The highest BCUT2D eigenvalue weighted by atomic mass is 79.9. The Hall–Kier alpha value is -1.89. The molecule has 1 aromatic carbocycles. The number of amides is 1. The Morgan fingerprint density at radius 1 is 1.12 bits per heavy atom. The number of ether oxygens (including phenoxy) is 1. The number of benzene rings is 1. The molecule has 0 radical (unpaired) electrons. The van der Waals surface area contributed by atoms with Crippen molar-refractivity contribution in [2.24, 2.45) is 0 Å². The molecule has 1 atom stereocenters. The molecule has 3 heterocycles. The van der Waals surface area contributed by atoms with Gasteiger partial charge in [0, 0.05) is 24.0 Å². The van der Waals surface area contributed by atoms with Gasteiger partial charge in [-0.05, 0) is 49.9 Å². The summed E-state index contributed by atoms with van der Waals surface area (Å²) in [5, 5.41) is 8.85. The van der Waals surface area contributed by atoms with Crippen LogP contribution < -0.4 is 4.74 Å². The average molecular weight is 419 g/mol. The van der Waals surface area contributed by atoms with Gasteiger partial charge in [0.05, 0.1) is 6.04 Å². The van der Waals surface area contributed by atoms with Gasteiger partial charge in [0.1, 0.15) is 11.6 Å². The van der Waals surface area contributed by atoms with Crippen LogP contribution in [0, 0.1) is 0 Å². The van der Waals surface area contributed by atoms with Crippen LogP contribution in [-0.4, -0.2) is 38.7 Å². The SMILES string of the molecule is O=C(COc1ccc(Br)cc1)N1CCCC1c1nnc2n1CCCCC2. The van der Waals surface area contributed by atoms with Crippen molar-refractivity contribution in [1.29, 1.82) is 0 Å². The van der Waals surface area contributed by atoms with Crippen LogP contribution in [-0.2, 0) is 17.8 Å². The third kappa shape index (κ3) is 3.63. The van der Waals surface area contributed by atoms with Crippen molar-refractivity contribution in [3.8, 4) is 5.75 Å². The average Bonchev–Trinajstić information content (AvgIpc) is 3.22. The number of hydrogen-bond acceptors (Lipinski definition) is 4. The maximum Gasteiger partial charge on any atom is 0.261 e. The van der Waals surface area contributed by atoms with Crippen molar-refractivity contribution in [2.75, 3.05) is 13.2 Å². The van der Waals surface area contributed by atoms with E-state index in [2.05, 4.69) is 30.7 Å². The Bertz CT molecular complexity index is 774. The fourth-order valence-corrected chi connectivity index (χ4v) is 4.11. The highest BCUT2D eigenvalue weighted by molar-refractivity contribution is 9.10. The molecule has 0 aliphatic carbocycles. The molecular formula is C19H23BrN4O2. The molecule has 6 nitrogen and oxygen atoms in total. The molecule has 138 valence electrons. The highest BCUT2D eigenvalue weighted by Crippen LogP contribution is 2.32. The summed E-state index contributed by atoms with van der Waals surface area (Å²) >= 11 is 3.40. The van der Waals surface area contributed by atoms with E-state index in [-0.39, 0.29) is 18.6 Å². The third-order valence-corrected chi connectivity index (χ3v) is 5.71. The molecule has 4 rings (SSSR count). The lowest BCUT2D eigenvalue weighted by Gasteiger charge is -2.24. The van der Waals surface area contributed by atoms with Gasteiger partial charge in [-0.15, -0.1) is 10.2 Å². The minimum atomic E-state index is 0.0152. The number of halogens is 1. The first-order valence-electron chi connectivity index (χ1n) is 9.32. The zero-order valence-electron chi connectivity index (χ0n) is 14.7. The molecule has 0 bridgehead atoms. The maximum absolute atomic E-state index is 12.8. The minimum absolute atomic E-state index is 0.0152. The van der Waals surface area contributed by atoms with E-state index in [4.69, 9.17) is 4.74 Å². The Labute approximate surface area is 161 Å².